The normalized spacial score (nSPS) is 20.2. The first-order chi connectivity index (χ1) is 15.7. The number of carbonyl (C=O) groups excluding carboxylic acids is 1. The van der Waals surface area contributed by atoms with Crippen molar-refractivity contribution in [3.05, 3.63) is 58.9 Å². The Morgan fingerprint density at radius 1 is 1.00 bits per heavy atom. The lowest BCUT2D eigenvalue weighted by molar-refractivity contribution is -0.125. The zero-order chi connectivity index (χ0) is 21.9. The van der Waals surface area contributed by atoms with Gasteiger partial charge in [0.05, 0.1) is 5.69 Å². The lowest BCUT2D eigenvalue weighted by Crippen LogP contribution is -2.52. The number of anilines is 1. The van der Waals surface area contributed by atoms with E-state index in [-0.39, 0.29) is 5.91 Å². The minimum atomic E-state index is 0.0682. The molecule has 1 aliphatic carbocycles. The Balaban J connectivity index is 1.19. The largest absolute Gasteiger partial charge is 0.338 e. The fourth-order valence-corrected chi connectivity index (χ4v) is 4.83. The molecule has 1 saturated heterocycles. The van der Waals surface area contributed by atoms with E-state index in [1.807, 2.05) is 29.3 Å². The highest BCUT2D eigenvalue weighted by Gasteiger charge is 2.29. The zero-order valence-electron chi connectivity index (χ0n) is 19.0. The molecule has 6 nitrogen and oxygen atoms in total. The van der Waals surface area contributed by atoms with Crippen LogP contribution >= 0.6 is 0 Å². The average molecular weight is 432 g/mol. The van der Waals surface area contributed by atoms with E-state index in [2.05, 4.69) is 28.9 Å². The highest BCUT2D eigenvalue weighted by molar-refractivity contribution is 5.91. The third-order valence-corrected chi connectivity index (χ3v) is 7.21. The molecule has 5 rings (SSSR count). The number of carbonyl (C=O) groups is 1. The molecule has 3 aliphatic rings. The summed E-state index contributed by atoms with van der Waals surface area (Å²) in [5.41, 5.74) is 4.56. The van der Waals surface area contributed by atoms with Gasteiger partial charge in [-0.25, -0.2) is 9.97 Å². The van der Waals surface area contributed by atoms with E-state index in [0.29, 0.717) is 13.1 Å². The monoisotopic (exact) mass is 431 g/mol. The number of piperazine rings is 1. The highest BCUT2D eigenvalue weighted by atomic mass is 16.2. The molecule has 0 atom stereocenters. The summed E-state index contributed by atoms with van der Waals surface area (Å²) in [6.45, 7) is 7.72. The molecule has 2 aliphatic heterocycles. The van der Waals surface area contributed by atoms with E-state index < -0.39 is 0 Å². The minimum absolute atomic E-state index is 0.0682. The van der Waals surface area contributed by atoms with Crippen molar-refractivity contribution < 1.29 is 4.79 Å². The Kier molecular flexibility index (Phi) is 6.21. The van der Waals surface area contributed by atoms with Crippen LogP contribution in [0.2, 0.25) is 0 Å². The quantitative estimate of drug-likeness (QED) is 0.697. The van der Waals surface area contributed by atoms with Gasteiger partial charge in [0.25, 0.3) is 0 Å². The SMILES string of the molecule is Cc1ccc(/C=C/C(=O)N2CCc3cnc(N4CCN(C5CCC5)CC4)nc3CC2)cc1. The van der Waals surface area contributed by atoms with Crippen LogP contribution in [0, 0.1) is 6.92 Å². The molecule has 0 unspecified atom stereocenters. The van der Waals surface area contributed by atoms with Crippen molar-refractivity contribution in [1.29, 1.82) is 0 Å². The average Bonchev–Trinajstić information content (AvgIpc) is 3.00. The molecule has 2 aromatic rings. The van der Waals surface area contributed by atoms with Crippen LogP contribution in [-0.2, 0) is 17.6 Å². The van der Waals surface area contributed by atoms with E-state index >= 15 is 0 Å². The fraction of sp³-hybridized carbons (Fsp3) is 0.500. The topological polar surface area (TPSA) is 52.6 Å². The lowest BCUT2D eigenvalue weighted by atomic mass is 9.91. The van der Waals surface area contributed by atoms with E-state index in [1.54, 1.807) is 6.08 Å². The molecular weight excluding hydrogens is 398 g/mol. The summed E-state index contributed by atoms with van der Waals surface area (Å²) >= 11 is 0. The van der Waals surface area contributed by atoms with Gasteiger partial charge < -0.3 is 9.80 Å². The van der Waals surface area contributed by atoms with Crippen LogP contribution in [0.15, 0.2) is 36.5 Å². The maximum absolute atomic E-state index is 12.8. The van der Waals surface area contributed by atoms with Crippen molar-refractivity contribution in [2.75, 3.05) is 44.2 Å². The number of aryl methyl sites for hydroxylation is 1. The number of fused-ring (bicyclic) bond motifs is 1. The lowest BCUT2D eigenvalue weighted by Gasteiger charge is -2.43. The molecule has 168 valence electrons. The van der Waals surface area contributed by atoms with Crippen molar-refractivity contribution >= 4 is 17.9 Å². The van der Waals surface area contributed by atoms with Crippen LogP contribution in [0.3, 0.4) is 0 Å². The first-order valence-corrected chi connectivity index (χ1v) is 12.0. The second-order valence-electron chi connectivity index (χ2n) is 9.32. The molecule has 0 spiro atoms. The maximum Gasteiger partial charge on any atom is 0.246 e. The molecule has 0 radical (unpaired) electrons. The van der Waals surface area contributed by atoms with E-state index in [4.69, 9.17) is 9.97 Å². The first-order valence-electron chi connectivity index (χ1n) is 12.0. The fourth-order valence-electron chi connectivity index (χ4n) is 4.83. The van der Waals surface area contributed by atoms with Crippen LogP contribution in [0.1, 0.15) is 41.6 Å². The number of hydrogen-bond acceptors (Lipinski definition) is 5. The van der Waals surface area contributed by atoms with Gasteiger partial charge in [-0.3, -0.25) is 9.69 Å². The van der Waals surface area contributed by atoms with Crippen molar-refractivity contribution in [2.24, 2.45) is 0 Å². The Bertz CT molecular complexity index is 974. The second-order valence-corrected chi connectivity index (χ2v) is 9.32. The molecule has 1 amide bonds. The summed E-state index contributed by atoms with van der Waals surface area (Å²) in [7, 11) is 0. The second kappa shape index (κ2) is 9.41. The van der Waals surface area contributed by atoms with Crippen LogP contribution in [0.5, 0.6) is 0 Å². The van der Waals surface area contributed by atoms with Gasteiger partial charge >= 0.3 is 0 Å². The van der Waals surface area contributed by atoms with E-state index in [1.165, 1.54) is 30.4 Å². The number of hydrogen-bond donors (Lipinski definition) is 0. The van der Waals surface area contributed by atoms with Crippen molar-refractivity contribution in [2.45, 2.75) is 45.1 Å². The third-order valence-electron chi connectivity index (χ3n) is 7.21. The van der Waals surface area contributed by atoms with Gasteiger partial charge in [0.15, 0.2) is 0 Å². The molecule has 6 heteroatoms. The predicted molar refractivity (Wildman–Crippen MR) is 128 cm³/mol. The van der Waals surface area contributed by atoms with Crippen LogP contribution < -0.4 is 4.90 Å². The van der Waals surface area contributed by atoms with Crippen LogP contribution in [0.25, 0.3) is 6.08 Å². The molecule has 0 N–H and O–H groups in total. The Labute approximate surface area is 191 Å². The molecule has 1 aromatic carbocycles. The molecule has 1 aromatic heterocycles. The van der Waals surface area contributed by atoms with E-state index in [0.717, 1.165) is 62.3 Å². The number of nitrogens with zero attached hydrogens (tertiary/aromatic N) is 5. The van der Waals surface area contributed by atoms with Gasteiger partial charge in [-0.2, -0.15) is 0 Å². The molecule has 1 saturated carbocycles. The van der Waals surface area contributed by atoms with Crippen molar-refractivity contribution in [3.63, 3.8) is 0 Å². The number of aromatic nitrogens is 2. The minimum Gasteiger partial charge on any atom is -0.338 e. The molecular formula is C26H33N5O. The number of benzene rings is 1. The van der Waals surface area contributed by atoms with Gasteiger partial charge in [0.2, 0.25) is 11.9 Å². The summed E-state index contributed by atoms with van der Waals surface area (Å²) in [6, 6.07) is 9.03. The van der Waals surface area contributed by atoms with Crippen molar-refractivity contribution in [3.8, 4) is 0 Å². The summed E-state index contributed by atoms with van der Waals surface area (Å²) in [5, 5.41) is 0. The molecule has 2 fully saturated rings. The van der Waals surface area contributed by atoms with Crippen LogP contribution in [0.4, 0.5) is 5.95 Å². The smallest absolute Gasteiger partial charge is 0.246 e. The molecule has 0 bridgehead atoms. The summed E-state index contributed by atoms with van der Waals surface area (Å²) in [4.78, 5) is 29.3. The summed E-state index contributed by atoms with van der Waals surface area (Å²) in [5.74, 6) is 0.926. The van der Waals surface area contributed by atoms with E-state index in [9.17, 15) is 4.79 Å². The predicted octanol–water partition coefficient (Wildman–Crippen LogP) is 3.10. The third kappa shape index (κ3) is 4.70. The summed E-state index contributed by atoms with van der Waals surface area (Å²) < 4.78 is 0. The number of amides is 1. The molecule has 32 heavy (non-hydrogen) atoms. The Hall–Kier alpha value is -2.73. The van der Waals surface area contributed by atoms with Gasteiger partial charge in [0.1, 0.15) is 0 Å². The number of rotatable bonds is 4. The first kappa shape index (κ1) is 21.1. The zero-order valence-corrected chi connectivity index (χ0v) is 19.0. The van der Waals surface area contributed by atoms with Crippen molar-refractivity contribution in [1.82, 2.24) is 19.8 Å². The Morgan fingerprint density at radius 2 is 1.75 bits per heavy atom. The van der Waals surface area contributed by atoms with Gasteiger partial charge in [-0.05, 0) is 43.4 Å². The van der Waals surface area contributed by atoms with Gasteiger partial charge in [0, 0.05) is 64.0 Å². The standard InChI is InChI=1S/C26H33N5O/c1-20-5-7-21(8-6-20)9-10-25(32)30-13-11-22-19-27-26(28-24(22)12-14-30)31-17-15-29(16-18-31)23-3-2-4-23/h5-10,19,23H,2-4,11-18H2,1H3/b10-9+. The molecule has 3 heterocycles. The maximum atomic E-state index is 12.8. The van der Waals surface area contributed by atoms with Gasteiger partial charge in [-0.15, -0.1) is 0 Å². The summed E-state index contributed by atoms with van der Waals surface area (Å²) in [6.07, 6.45) is 11.3. The Morgan fingerprint density at radius 3 is 2.47 bits per heavy atom. The van der Waals surface area contributed by atoms with Crippen LogP contribution in [-0.4, -0.2) is 71.0 Å². The van der Waals surface area contributed by atoms with Gasteiger partial charge in [-0.1, -0.05) is 36.2 Å². The highest BCUT2D eigenvalue weighted by Crippen LogP contribution is 2.26.